The summed E-state index contributed by atoms with van der Waals surface area (Å²) in [6.45, 7) is 9.36. The number of imidazole rings is 1. The highest BCUT2D eigenvalue weighted by Gasteiger charge is 2.19. The van der Waals surface area contributed by atoms with Crippen molar-refractivity contribution in [3.8, 4) is 11.3 Å². The van der Waals surface area contributed by atoms with E-state index in [1.54, 1.807) is 23.8 Å². The lowest BCUT2D eigenvalue weighted by Crippen LogP contribution is -2.30. The number of aliphatic hydroxyl groups excluding tert-OH is 1. The van der Waals surface area contributed by atoms with Crippen LogP contribution in [0.15, 0.2) is 40.3 Å². The van der Waals surface area contributed by atoms with Crippen molar-refractivity contribution < 1.29 is 14.3 Å². The second kappa shape index (κ2) is 7.24. The van der Waals surface area contributed by atoms with E-state index in [0.29, 0.717) is 18.0 Å². The van der Waals surface area contributed by atoms with Gasteiger partial charge in [0.2, 0.25) is 5.65 Å². The Hall–Kier alpha value is -3.13. The zero-order valence-electron chi connectivity index (χ0n) is 15.5. The SMILES string of the molecule is C=CCn1c(-c2cc(C)oc2C)cn2cc(C(=O)NCC(C)O)nc2c1=O. The lowest BCUT2D eigenvalue weighted by molar-refractivity contribution is 0.0919. The highest BCUT2D eigenvalue weighted by atomic mass is 16.3. The van der Waals surface area contributed by atoms with Crippen molar-refractivity contribution in [1.82, 2.24) is 19.3 Å². The summed E-state index contributed by atoms with van der Waals surface area (Å²) in [5.74, 6) is 0.981. The summed E-state index contributed by atoms with van der Waals surface area (Å²) >= 11 is 0. The Balaban J connectivity index is 2.15. The van der Waals surface area contributed by atoms with E-state index in [1.807, 2.05) is 19.9 Å². The Morgan fingerprint density at radius 1 is 1.44 bits per heavy atom. The Labute approximate surface area is 155 Å². The molecule has 1 unspecified atom stereocenters. The third kappa shape index (κ3) is 3.56. The summed E-state index contributed by atoms with van der Waals surface area (Å²) in [5.41, 5.74) is 1.35. The van der Waals surface area contributed by atoms with E-state index >= 15 is 0 Å². The van der Waals surface area contributed by atoms with Crippen molar-refractivity contribution >= 4 is 11.6 Å². The fraction of sp³-hybridized carbons (Fsp3) is 0.316. The van der Waals surface area contributed by atoms with Gasteiger partial charge in [0.1, 0.15) is 17.2 Å². The number of nitrogens with one attached hydrogen (secondary N) is 1. The summed E-state index contributed by atoms with van der Waals surface area (Å²) in [5, 5.41) is 11.9. The molecule has 142 valence electrons. The van der Waals surface area contributed by atoms with E-state index in [2.05, 4.69) is 16.9 Å². The first-order valence-corrected chi connectivity index (χ1v) is 8.59. The Morgan fingerprint density at radius 2 is 2.19 bits per heavy atom. The molecule has 3 heterocycles. The number of aliphatic hydroxyl groups is 1. The number of allylic oxidation sites excluding steroid dienone is 1. The average Bonchev–Trinajstić information content (AvgIpc) is 3.18. The van der Waals surface area contributed by atoms with Crippen LogP contribution < -0.4 is 10.9 Å². The topological polar surface area (TPSA) is 102 Å². The third-order valence-electron chi connectivity index (χ3n) is 4.14. The molecule has 3 aromatic heterocycles. The van der Waals surface area contributed by atoms with Gasteiger partial charge in [-0.1, -0.05) is 6.08 Å². The largest absolute Gasteiger partial charge is 0.466 e. The van der Waals surface area contributed by atoms with Gasteiger partial charge in [-0.15, -0.1) is 6.58 Å². The van der Waals surface area contributed by atoms with E-state index in [4.69, 9.17) is 4.42 Å². The van der Waals surface area contributed by atoms with Gasteiger partial charge >= 0.3 is 0 Å². The van der Waals surface area contributed by atoms with Gasteiger partial charge in [-0.3, -0.25) is 18.6 Å². The van der Waals surface area contributed by atoms with Gasteiger partial charge in [0.25, 0.3) is 11.5 Å². The van der Waals surface area contributed by atoms with Crippen LogP contribution in [-0.2, 0) is 6.54 Å². The first kappa shape index (κ1) is 18.7. The molecule has 2 N–H and O–H groups in total. The number of amides is 1. The molecule has 0 saturated heterocycles. The number of furan rings is 1. The number of rotatable bonds is 6. The molecule has 3 rings (SSSR count). The molecule has 1 amide bonds. The van der Waals surface area contributed by atoms with Gasteiger partial charge in [0, 0.05) is 31.0 Å². The molecule has 1 atom stereocenters. The minimum Gasteiger partial charge on any atom is -0.466 e. The molecule has 8 heteroatoms. The van der Waals surface area contributed by atoms with Crippen molar-refractivity contribution in [2.45, 2.75) is 33.4 Å². The number of aromatic nitrogens is 3. The first-order chi connectivity index (χ1) is 12.8. The smallest absolute Gasteiger partial charge is 0.295 e. The number of nitrogens with zero attached hydrogens (tertiary/aromatic N) is 3. The molecule has 0 saturated carbocycles. The van der Waals surface area contributed by atoms with Crippen LogP contribution in [0.4, 0.5) is 0 Å². The predicted octanol–water partition coefficient (Wildman–Crippen LogP) is 1.67. The normalized spacial score (nSPS) is 12.3. The Morgan fingerprint density at radius 3 is 2.78 bits per heavy atom. The minimum absolute atomic E-state index is 0.103. The molecular formula is C19H22N4O4. The zero-order chi connectivity index (χ0) is 19.7. The lowest BCUT2D eigenvalue weighted by atomic mass is 10.2. The number of hydrogen-bond donors (Lipinski definition) is 2. The van der Waals surface area contributed by atoms with Gasteiger partial charge in [-0.2, -0.15) is 0 Å². The molecule has 3 aromatic rings. The molecule has 0 aliphatic carbocycles. The summed E-state index contributed by atoms with van der Waals surface area (Å²) in [4.78, 5) is 29.4. The van der Waals surface area contributed by atoms with E-state index in [9.17, 15) is 14.7 Å². The van der Waals surface area contributed by atoms with Crippen LogP contribution in [0.2, 0.25) is 0 Å². The molecule has 27 heavy (non-hydrogen) atoms. The van der Waals surface area contributed by atoms with Crippen molar-refractivity contribution in [2.75, 3.05) is 6.54 Å². The summed E-state index contributed by atoms with van der Waals surface area (Å²) in [6.07, 6.45) is 4.20. The van der Waals surface area contributed by atoms with Gasteiger partial charge in [-0.25, -0.2) is 4.98 Å². The average molecular weight is 370 g/mol. The van der Waals surface area contributed by atoms with Crippen molar-refractivity contribution in [1.29, 1.82) is 0 Å². The van der Waals surface area contributed by atoms with Crippen LogP contribution in [-0.4, -0.2) is 37.6 Å². The van der Waals surface area contributed by atoms with Gasteiger partial charge in [0.05, 0.1) is 11.8 Å². The maximum atomic E-state index is 13.0. The van der Waals surface area contributed by atoms with Crippen LogP contribution in [0.1, 0.15) is 28.9 Å². The Kier molecular flexibility index (Phi) is 5.00. The second-order valence-electron chi connectivity index (χ2n) is 6.46. The van der Waals surface area contributed by atoms with E-state index in [1.165, 1.54) is 10.6 Å². The molecule has 0 aliphatic rings. The van der Waals surface area contributed by atoms with Gasteiger partial charge in [0.15, 0.2) is 0 Å². The number of fused-ring (bicyclic) bond motifs is 1. The number of carbonyl (C=O) groups is 1. The zero-order valence-corrected chi connectivity index (χ0v) is 15.5. The molecular weight excluding hydrogens is 348 g/mol. The first-order valence-electron chi connectivity index (χ1n) is 8.59. The van der Waals surface area contributed by atoms with Crippen LogP contribution in [0.5, 0.6) is 0 Å². The second-order valence-corrected chi connectivity index (χ2v) is 6.46. The number of aryl methyl sites for hydroxylation is 2. The minimum atomic E-state index is -0.672. The number of carbonyl (C=O) groups excluding carboxylic acids is 1. The van der Waals surface area contributed by atoms with Crippen LogP contribution >= 0.6 is 0 Å². The fourth-order valence-corrected chi connectivity index (χ4v) is 2.93. The van der Waals surface area contributed by atoms with Crippen molar-refractivity contribution in [2.24, 2.45) is 0 Å². The van der Waals surface area contributed by atoms with E-state index in [0.717, 1.165) is 11.3 Å². The van der Waals surface area contributed by atoms with E-state index < -0.39 is 12.0 Å². The van der Waals surface area contributed by atoms with Gasteiger partial charge in [-0.05, 0) is 26.8 Å². The highest BCUT2D eigenvalue weighted by molar-refractivity contribution is 5.92. The quantitative estimate of drug-likeness (QED) is 0.643. The Bertz CT molecular complexity index is 1070. The van der Waals surface area contributed by atoms with Crippen LogP contribution in [0.3, 0.4) is 0 Å². The molecule has 0 aromatic carbocycles. The molecule has 0 radical (unpaired) electrons. The monoisotopic (exact) mass is 370 g/mol. The molecule has 0 bridgehead atoms. The summed E-state index contributed by atoms with van der Waals surface area (Å²) in [7, 11) is 0. The van der Waals surface area contributed by atoms with Crippen LogP contribution in [0.25, 0.3) is 16.9 Å². The highest BCUT2D eigenvalue weighted by Crippen LogP contribution is 2.26. The number of hydrogen-bond acceptors (Lipinski definition) is 5. The summed E-state index contributed by atoms with van der Waals surface area (Å²) in [6, 6.07) is 1.86. The molecule has 0 fully saturated rings. The summed E-state index contributed by atoms with van der Waals surface area (Å²) < 4.78 is 8.68. The van der Waals surface area contributed by atoms with Crippen LogP contribution in [0, 0.1) is 13.8 Å². The maximum Gasteiger partial charge on any atom is 0.295 e. The van der Waals surface area contributed by atoms with Gasteiger partial charge < -0.3 is 14.8 Å². The third-order valence-corrected chi connectivity index (χ3v) is 4.14. The molecule has 0 spiro atoms. The lowest BCUT2D eigenvalue weighted by Gasteiger charge is -2.11. The maximum absolute atomic E-state index is 13.0. The van der Waals surface area contributed by atoms with Crippen molar-refractivity contribution in [3.05, 3.63) is 58.7 Å². The molecule has 0 aliphatic heterocycles. The van der Waals surface area contributed by atoms with E-state index in [-0.39, 0.29) is 23.4 Å². The van der Waals surface area contributed by atoms with Crippen molar-refractivity contribution in [3.63, 3.8) is 0 Å². The predicted molar refractivity (Wildman–Crippen MR) is 101 cm³/mol. The molecule has 8 nitrogen and oxygen atoms in total. The standard InChI is InChI=1S/C19H22N4O4/c1-5-6-23-16(14-7-12(3)27-13(14)4)10-22-9-15(21-17(22)19(23)26)18(25)20-8-11(2)24/h5,7,9-11,24H,1,6,8H2,2-4H3,(H,20,25). The fourth-order valence-electron chi connectivity index (χ4n) is 2.93.